The molecule has 2 rings (SSSR count). The molecule has 2 nitrogen and oxygen atoms in total. The van der Waals surface area contributed by atoms with E-state index in [0.717, 1.165) is 22.3 Å². The molecule has 0 heterocycles. The number of hydrogen-bond donors (Lipinski definition) is 2. The lowest BCUT2D eigenvalue weighted by molar-refractivity contribution is -0.137. The van der Waals surface area contributed by atoms with Crippen molar-refractivity contribution in [2.75, 3.05) is 11.9 Å². The van der Waals surface area contributed by atoms with Gasteiger partial charge in [-0.15, -0.1) is 0 Å². The summed E-state index contributed by atoms with van der Waals surface area (Å²) >= 11 is 3.35. The van der Waals surface area contributed by atoms with Crippen LogP contribution in [0.15, 0.2) is 53.0 Å². The predicted molar refractivity (Wildman–Crippen MR) is 79.0 cm³/mol. The van der Waals surface area contributed by atoms with Crippen LogP contribution in [0.25, 0.3) is 0 Å². The molecule has 1 unspecified atom stereocenters. The fourth-order valence-electron chi connectivity index (χ4n) is 1.85. The topological polar surface area (TPSA) is 32.3 Å². The average Bonchev–Trinajstić information content (AvgIpc) is 2.45. The van der Waals surface area contributed by atoms with Crippen LogP contribution in [0.2, 0.25) is 0 Å². The van der Waals surface area contributed by atoms with E-state index in [9.17, 15) is 18.3 Å². The van der Waals surface area contributed by atoms with Gasteiger partial charge in [-0.05, 0) is 45.8 Å². The van der Waals surface area contributed by atoms with E-state index in [-0.39, 0.29) is 12.1 Å². The molecule has 0 fully saturated rings. The predicted octanol–water partition coefficient (Wildman–Crippen LogP) is 4.61. The zero-order chi connectivity index (χ0) is 15.5. The number of aliphatic hydroxyl groups is 1. The van der Waals surface area contributed by atoms with Crippen LogP contribution in [0.5, 0.6) is 0 Å². The van der Waals surface area contributed by atoms with Gasteiger partial charge in [0.1, 0.15) is 0 Å². The molecule has 2 aromatic carbocycles. The van der Waals surface area contributed by atoms with Crippen molar-refractivity contribution in [2.45, 2.75) is 12.3 Å². The van der Waals surface area contributed by atoms with Crippen LogP contribution in [0.4, 0.5) is 18.9 Å². The zero-order valence-electron chi connectivity index (χ0n) is 10.9. The minimum Gasteiger partial charge on any atom is -0.387 e. The smallest absolute Gasteiger partial charge is 0.387 e. The van der Waals surface area contributed by atoms with Gasteiger partial charge in [0.05, 0.1) is 11.7 Å². The normalized spacial score (nSPS) is 13.0. The summed E-state index contributed by atoms with van der Waals surface area (Å²) in [6.45, 7) is 0.115. The molecule has 0 aromatic heterocycles. The van der Waals surface area contributed by atoms with E-state index in [2.05, 4.69) is 21.2 Å². The molecule has 21 heavy (non-hydrogen) atoms. The molecule has 2 aromatic rings. The molecule has 0 saturated carbocycles. The molecule has 0 aliphatic rings. The first-order valence-corrected chi connectivity index (χ1v) is 7.01. The minimum absolute atomic E-state index is 0.115. The molecule has 0 spiro atoms. The van der Waals surface area contributed by atoms with E-state index in [1.807, 2.05) is 24.3 Å². The lowest BCUT2D eigenvalue weighted by Crippen LogP contribution is -2.13. The molecule has 6 heteroatoms. The number of nitrogens with one attached hydrogen (secondary N) is 1. The maximum absolute atomic E-state index is 12.6. The third kappa shape index (κ3) is 4.22. The summed E-state index contributed by atoms with van der Waals surface area (Å²) in [5.41, 5.74) is 0.229. The number of anilines is 1. The molecule has 112 valence electrons. The van der Waals surface area contributed by atoms with Gasteiger partial charge in [0.15, 0.2) is 0 Å². The Labute approximate surface area is 128 Å². The van der Waals surface area contributed by atoms with E-state index >= 15 is 0 Å². The Kier molecular flexibility index (Phi) is 4.90. The zero-order valence-corrected chi connectivity index (χ0v) is 12.4. The third-order valence-electron chi connectivity index (χ3n) is 2.96. The Morgan fingerprint density at radius 3 is 2.48 bits per heavy atom. The Bertz CT molecular complexity index is 616. The summed E-state index contributed by atoms with van der Waals surface area (Å²) in [4.78, 5) is 0. The van der Waals surface area contributed by atoms with Crippen LogP contribution in [-0.4, -0.2) is 11.7 Å². The molecule has 0 saturated heterocycles. The maximum atomic E-state index is 12.6. The van der Waals surface area contributed by atoms with Gasteiger partial charge < -0.3 is 10.4 Å². The van der Waals surface area contributed by atoms with Crippen LogP contribution < -0.4 is 5.32 Å². The van der Waals surface area contributed by atoms with Gasteiger partial charge in [0, 0.05) is 16.7 Å². The van der Waals surface area contributed by atoms with Gasteiger partial charge in [-0.25, -0.2) is 0 Å². The van der Waals surface area contributed by atoms with Gasteiger partial charge in [0.2, 0.25) is 0 Å². The van der Waals surface area contributed by atoms with Crippen molar-refractivity contribution in [3.05, 3.63) is 64.1 Å². The number of alkyl halides is 3. The quantitative estimate of drug-likeness (QED) is 0.835. The summed E-state index contributed by atoms with van der Waals surface area (Å²) in [6, 6.07) is 12.0. The number of halogens is 4. The highest BCUT2D eigenvalue weighted by Gasteiger charge is 2.30. The van der Waals surface area contributed by atoms with Crippen molar-refractivity contribution in [3.63, 3.8) is 0 Å². The molecule has 0 bridgehead atoms. The first-order valence-electron chi connectivity index (χ1n) is 6.21. The average molecular weight is 360 g/mol. The molecule has 0 radical (unpaired) electrons. The first-order chi connectivity index (χ1) is 9.88. The van der Waals surface area contributed by atoms with Crippen LogP contribution in [0.1, 0.15) is 17.2 Å². The largest absolute Gasteiger partial charge is 0.416 e. The summed E-state index contributed by atoms with van der Waals surface area (Å²) < 4.78 is 38.7. The minimum atomic E-state index is -4.41. The molecular formula is C15H13BrF3NO. The summed E-state index contributed by atoms with van der Waals surface area (Å²) in [7, 11) is 0. The molecule has 0 aliphatic heterocycles. The van der Waals surface area contributed by atoms with E-state index < -0.39 is 17.8 Å². The lowest BCUT2D eigenvalue weighted by atomic mass is 10.1. The SMILES string of the molecule is OC(CNc1ccccc1Br)c1cccc(C(F)(F)F)c1. The number of benzene rings is 2. The van der Waals surface area contributed by atoms with Gasteiger partial charge >= 0.3 is 6.18 Å². The highest BCUT2D eigenvalue weighted by molar-refractivity contribution is 9.10. The fourth-order valence-corrected chi connectivity index (χ4v) is 2.28. The first kappa shape index (κ1) is 15.9. The lowest BCUT2D eigenvalue weighted by Gasteiger charge is -2.15. The summed E-state index contributed by atoms with van der Waals surface area (Å²) in [5, 5.41) is 13.0. The maximum Gasteiger partial charge on any atom is 0.416 e. The van der Waals surface area contributed by atoms with Crippen molar-refractivity contribution in [1.29, 1.82) is 0 Å². The molecule has 0 aliphatic carbocycles. The standard InChI is InChI=1S/C15H13BrF3NO/c16-12-6-1-2-7-13(12)20-9-14(21)10-4-3-5-11(8-10)15(17,18)19/h1-8,14,20-21H,9H2. The van der Waals surface area contributed by atoms with Gasteiger partial charge in [-0.3, -0.25) is 0 Å². The second kappa shape index (κ2) is 6.49. The molecule has 1 atom stereocenters. The Balaban J connectivity index is 2.07. The van der Waals surface area contributed by atoms with Crippen molar-refractivity contribution in [2.24, 2.45) is 0 Å². The number of aliphatic hydroxyl groups excluding tert-OH is 1. The summed E-state index contributed by atoms with van der Waals surface area (Å²) in [5.74, 6) is 0. The molecule has 0 amide bonds. The van der Waals surface area contributed by atoms with Gasteiger partial charge in [-0.2, -0.15) is 13.2 Å². The summed E-state index contributed by atoms with van der Waals surface area (Å²) in [6.07, 6.45) is -5.44. The molecule has 2 N–H and O–H groups in total. The highest BCUT2D eigenvalue weighted by atomic mass is 79.9. The van der Waals surface area contributed by atoms with Gasteiger partial charge in [0.25, 0.3) is 0 Å². The van der Waals surface area contributed by atoms with Crippen molar-refractivity contribution in [1.82, 2.24) is 0 Å². The van der Waals surface area contributed by atoms with Crippen molar-refractivity contribution >= 4 is 21.6 Å². The number of rotatable bonds is 4. The van der Waals surface area contributed by atoms with Crippen LogP contribution in [0.3, 0.4) is 0 Å². The monoisotopic (exact) mass is 359 g/mol. The van der Waals surface area contributed by atoms with Crippen LogP contribution in [0, 0.1) is 0 Å². The van der Waals surface area contributed by atoms with Crippen LogP contribution in [-0.2, 0) is 6.18 Å². The van der Waals surface area contributed by atoms with E-state index in [4.69, 9.17) is 0 Å². The van der Waals surface area contributed by atoms with Gasteiger partial charge in [-0.1, -0.05) is 24.3 Å². The second-order valence-corrected chi connectivity index (χ2v) is 5.35. The molecular weight excluding hydrogens is 347 g/mol. The number of hydrogen-bond acceptors (Lipinski definition) is 2. The van der Waals surface area contributed by atoms with E-state index in [1.54, 1.807) is 0 Å². The van der Waals surface area contributed by atoms with Crippen molar-refractivity contribution < 1.29 is 18.3 Å². The Morgan fingerprint density at radius 1 is 1.10 bits per heavy atom. The Morgan fingerprint density at radius 2 is 1.81 bits per heavy atom. The van der Waals surface area contributed by atoms with E-state index in [0.29, 0.717) is 0 Å². The van der Waals surface area contributed by atoms with Crippen LogP contribution >= 0.6 is 15.9 Å². The fraction of sp³-hybridized carbons (Fsp3) is 0.200. The van der Waals surface area contributed by atoms with Crippen molar-refractivity contribution in [3.8, 4) is 0 Å². The highest BCUT2D eigenvalue weighted by Crippen LogP contribution is 2.31. The third-order valence-corrected chi connectivity index (χ3v) is 3.65. The number of para-hydroxylation sites is 1. The Hall–Kier alpha value is -1.53. The second-order valence-electron chi connectivity index (χ2n) is 4.50. The van der Waals surface area contributed by atoms with E-state index in [1.165, 1.54) is 12.1 Å².